The van der Waals surface area contributed by atoms with Gasteiger partial charge in [0.05, 0.1) is 11.9 Å². The Hall–Kier alpha value is -1.64. The molecule has 158 valence electrons. The molecule has 0 radical (unpaired) electrons. The van der Waals surface area contributed by atoms with E-state index in [1.165, 1.54) is 27.9 Å². The summed E-state index contributed by atoms with van der Waals surface area (Å²) in [7, 11) is -2.61. The van der Waals surface area contributed by atoms with Crippen LogP contribution in [0, 0.1) is 5.92 Å². The number of sulfonamides is 1. The lowest BCUT2D eigenvalue weighted by Crippen LogP contribution is -2.50. The second-order valence-corrected chi connectivity index (χ2v) is 10.8. The minimum atomic E-state index is -3.84. The minimum Gasteiger partial charge on any atom is -0.467 e. The van der Waals surface area contributed by atoms with Crippen LogP contribution in [-0.2, 0) is 24.3 Å². The summed E-state index contributed by atoms with van der Waals surface area (Å²) in [5.41, 5.74) is 0.405. The van der Waals surface area contributed by atoms with Gasteiger partial charge < -0.3 is 10.1 Å². The molecule has 0 unspecified atom stereocenters. The van der Waals surface area contributed by atoms with Gasteiger partial charge in [-0.2, -0.15) is 4.72 Å². The van der Waals surface area contributed by atoms with E-state index in [1.807, 2.05) is 13.8 Å². The number of benzene rings is 1. The van der Waals surface area contributed by atoms with Crippen molar-refractivity contribution in [3.05, 3.63) is 34.9 Å². The molecule has 0 spiro atoms. The maximum atomic E-state index is 13.0. The van der Waals surface area contributed by atoms with Crippen molar-refractivity contribution in [3.63, 3.8) is 0 Å². The van der Waals surface area contributed by atoms with Crippen molar-refractivity contribution >= 4 is 33.5 Å². The zero-order chi connectivity index (χ0) is 21.7. The van der Waals surface area contributed by atoms with Crippen LogP contribution in [0.2, 0.25) is 5.02 Å². The van der Waals surface area contributed by atoms with Crippen molar-refractivity contribution < 1.29 is 22.7 Å². The first kappa shape index (κ1) is 24.4. The highest BCUT2D eigenvalue weighted by Gasteiger charge is 2.36. The lowest BCUT2D eigenvalue weighted by molar-refractivity contribution is -0.145. The normalized spacial score (nSPS) is 14.4. The number of methoxy groups -OCH3 is 1. The van der Waals surface area contributed by atoms with Gasteiger partial charge in [-0.25, -0.2) is 13.2 Å². The van der Waals surface area contributed by atoms with Gasteiger partial charge in [0.15, 0.2) is 0 Å². The minimum absolute atomic E-state index is 0.115. The molecule has 1 aromatic rings. The largest absolute Gasteiger partial charge is 0.467 e. The first-order chi connectivity index (χ1) is 12.8. The lowest BCUT2D eigenvalue weighted by Gasteiger charge is -2.27. The Labute approximate surface area is 172 Å². The van der Waals surface area contributed by atoms with Crippen LogP contribution in [0.25, 0.3) is 0 Å². The Kier molecular flexibility index (Phi) is 8.46. The van der Waals surface area contributed by atoms with Gasteiger partial charge >= 0.3 is 5.97 Å². The first-order valence-electron chi connectivity index (χ1n) is 8.94. The van der Waals surface area contributed by atoms with Crippen LogP contribution in [0.1, 0.15) is 52.6 Å². The topological polar surface area (TPSA) is 102 Å². The van der Waals surface area contributed by atoms with Crippen molar-refractivity contribution in [2.24, 2.45) is 5.92 Å². The molecule has 0 aliphatic heterocycles. The molecule has 0 heterocycles. The average Bonchev–Trinajstić information content (AvgIpc) is 2.57. The number of amides is 1. The molecule has 0 saturated carbocycles. The van der Waals surface area contributed by atoms with E-state index < -0.39 is 38.7 Å². The Morgan fingerprint density at radius 1 is 1.14 bits per heavy atom. The fourth-order valence-corrected chi connectivity index (χ4v) is 3.38. The number of carbonyl (C=O) groups is 2. The summed E-state index contributed by atoms with van der Waals surface area (Å²) < 4.78 is 31.4. The van der Waals surface area contributed by atoms with Crippen LogP contribution < -0.4 is 10.0 Å². The molecular weight excluding hydrogens is 404 g/mol. The molecule has 2 atom stereocenters. The number of hydrogen-bond donors (Lipinski definition) is 2. The predicted molar refractivity (Wildman–Crippen MR) is 109 cm³/mol. The Morgan fingerprint density at radius 2 is 1.68 bits per heavy atom. The quantitative estimate of drug-likeness (QED) is 0.615. The lowest BCUT2D eigenvalue weighted by atomic mass is 10.0. The van der Waals surface area contributed by atoms with Crippen LogP contribution in [0.4, 0.5) is 0 Å². The van der Waals surface area contributed by atoms with Crippen LogP contribution in [0.3, 0.4) is 0 Å². The molecule has 0 bridgehead atoms. The third-order valence-electron chi connectivity index (χ3n) is 4.05. The van der Waals surface area contributed by atoms with E-state index >= 15 is 0 Å². The van der Waals surface area contributed by atoms with Gasteiger partial charge in [0, 0.05) is 5.02 Å². The fraction of sp³-hybridized carbons (Fsp3) is 0.579. The molecule has 28 heavy (non-hydrogen) atoms. The third-order valence-corrected chi connectivity index (χ3v) is 6.46. The summed E-state index contributed by atoms with van der Waals surface area (Å²) in [6.07, 6.45) is 0.359. The maximum Gasteiger partial charge on any atom is 0.328 e. The monoisotopic (exact) mass is 432 g/mol. The molecule has 0 aromatic heterocycles. The van der Waals surface area contributed by atoms with Gasteiger partial charge in [0.1, 0.15) is 12.1 Å². The highest BCUT2D eigenvalue weighted by molar-refractivity contribution is 7.90. The highest BCUT2D eigenvalue weighted by Crippen LogP contribution is 2.22. The second-order valence-electron chi connectivity index (χ2n) is 7.93. The summed E-state index contributed by atoms with van der Waals surface area (Å²) in [4.78, 5) is 25.0. The van der Waals surface area contributed by atoms with Gasteiger partial charge in [-0.1, -0.05) is 37.6 Å². The van der Waals surface area contributed by atoms with E-state index in [0.29, 0.717) is 17.0 Å². The molecular formula is C19H29ClN2O5S. The van der Waals surface area contributed by atoms with Crippen molar-refractivity contribution in [3.8, 4) is 0 Å². The van der Waals surface area contributed by atoms with Gasteiger partial charge in [-0.3, -0.25) is 4.79 Å². The van der Waals surface area contributed by atoms with Gasteiger partial charge in [0.2, 0.25) is 15.9 Å². The number of ether oxygens (including phenoxy) is 1. The number of esters is 1. The summed E-state index contributed by atoms with van der Waals surface area (Å²) in [6.45, 7) is 8.40. The van der Waals surface area contributed by atoms with Crippen molar-refractivity contribution in [2.45, 2.75) is 57.9 Å². The summed E-state index contributed by atoms with van der Waals surface area (Å²) >= 11 is 5.90. The van der Waals surface area contributed by atoms with Crippen molar-refractivity contribution in [1.29, 1.82) is 0 Å². The molecule has 0 saturated heterocycles. The zero-order valence-corrected chi connectivity index (χ0v) is 18.6. The summed E-state index contributed by atoms with van der Waals surface area (Å²) in [5, 5.41) is 3.07. The predicted octanol–water partition coefficient (Wildman–Crippen LogP) is 2.80. The van der Waals surface area contributed by atoms with E-state index in [4.69, 9.17) is 16.3 Å². The Balaban J connectivity index is 3.24. The van der Waals surface area contributed by atoms with E-state index in [2.05, 4.69) is 10.0 Å². The molecule has 1 rings (SSSR count). The van der Waals surface area contributed by atoms with Crippen LogP contribution >= 0.6 is 11.6 Å². The highest BCUT2D eigenvalue weighted by atomic mass is 35.5. The molecule has 2 N–H and O–H groups in total. The molecule has 0 fully saturated rings. The summed E-state index contributed by atoms with van der Waals surface area (Å²) in [6, 6.07) is 4.15. The second kappa shape index (κ2) is 9.71. The third kappa shape index (κ3) is 6.76. The number of rotatable bonds is 8. The number of carbonyl (C=O) groups excluding carboxylic acids is 2. The fourth-order valence-electron chi connectivity index (χ4n) is 2.34. The van der Waals surface area contributed by atoms with Gasteiger partial charge in [0.25, 0.3) is 0 Å². The smallest absolute Gasteiger partial charge is 0.328 e. The number of halogens is 1. The zero-order valence-electron chi connectivity index (χ0n) is 17.1. The van der Waals surface area contributed by atoms with Crippen LogP contribution in [-0.4, -0.2) is 38.2 Å². The molecule has 0 aliphatic rings. The van der Waals surface area contributed by atoms with Gasteiger partial charge in [-0.05, 0) is 50.8 Å². The molecule has 1 amide bonds. The van der Waals surface area contributed by atoms with Crippen molar-refractivity contribution in [1.82, 2.24) is 10.0 Å². The van der Waals surface area contributed by atoms with E-state index in [1.54, 1.807) is 24.3 Å². The number of hydrogen-bond acceptors (Lipinski definition) is 5. The number of nitrogens with one attached hydrogen (secondary N) is 2. The average molecular weight is 433 g/mol. The van der Waals surface area contributed by atoms with Crippen LogP contribution in [0.5, 0.6) is 0 Å². The molecule has 7 nitrogen and oxygen atoms in total. The van der Waals surface area contributed by atoms with E-state index in [-0.39, 0.29) is 5.92 Å². The standard InChI is InChI=1S/C19H29ClN2O5S/c1-12(2)11-15(18(24)27-6)21-17(23)16(13-7-9-14(20)10-8-13)22-28(25,26)19(3,4)5/h7-10,12,15-16,22H,11H2,1-6H3,(H,21,23)/t15-,16+/m0/s1. The van der Waals surface area contributed by atoms with E-state index in [9.17, 15) is 18.0 Å². The van der Waals surface area contributed by atoms with E-state index in [0.717, 1.165) is 0 Å². The Morgan fingerprint density at radius 3 is 2.11 bits per heavy atom. The maximum absolute atomic E-state index is 13.0. The Bertz CT molecular complexity index is 786. The van der Waals surface area contributed by atoms with Crippen molar-refractivity contribution in [2.75, 3.05) is 7.11 Å². The van der Waals surface area contributed by atoms with Gasteiger partial charge in [-0.15, -0.1) is 0 Å². The first-order valence-corrected chi connectivity index (χ1v) is 10.8. The SMILES string of the molecule is COC(=O)[C@H](CC(C)C)NC(=O)[C@H](NS(=O)(=O)C(C)(C)C)c1ccc(Cl)cc1. The molecule has 0 aliphatic carbocycles. The molecule has 1 aromatic carbocycles. The molecule has 9 heteroatoms. The summed E-state index contributed by atoms with van der Waals surface area (Å²) in [5.74, 6) is -1.12. The van der Waals surface area contributed by atoms with Crippen LogP contribution in [0.15, 0.2) is 24.3 Å².